The highest BCUT2D eigenvalue weighted by atomic mass is 16.5. The SMILES string of the molecule is Cc1ccc(NC(=NC#N)Nc2ccc(C(CC(C)C)C(=O)NC(CCOCC(NC(=O)CC(C)(C)C)C(=O)O)C(=O)O)cc2)cc1. The van der Waals surface area contributed by atoms with E-state index in [1.165, 1.54) is 0 Å². The minimum absolute atomic E-state index is 0.115. The van der Waals surface area contributed by atoms with Gasteiger partial charge in [0.1, 0.15) is 6.04 Å². The number of amides is 2. The fraction of sp³-hybridized carbons (Fsp3) is 0.471. The van der Waals surface area contributed by atoms with Gasteiger partial charge in [-0.2, -0.15) is 5.26 Å². The molecule has 2 aromatic rings. The Morgan fingerprint density at radius 1 is 0.894 bits per heavy atom. The lowest BCUT2D eigenvalue weighted by atomic mass is 9.89. The second kappa shape index (κ2) is 18.3. The second-order valence-corrected chi connectivity index (χ2v) is 12.9. The molecule has 0 radical (unpaired) electrons. The van der Waals surface area contributed by atoms with Crippen molar-refractivity contribution < 1.29 is 34.1 Å². The van der Waals surface area contributed by atoms with E-state index in [2.05, 4.69) is 26.3 Å². The minimum atomic E-state index is -1.30. The molecule has 2 aromatic carbocycles. The van der Waals surface area contributed by atoms with E-state index >= 15 is 0 Å². The van der Waals surface area contributed by atoms with Crippen molar-refractivity contribution in [2.45, 2.75) is 78.8 Å². The van der Waals surface area contributed by atoms with E-state index in [0.29, 0.717) is 17.7 Å². The number of guanidine groups is 1. The van der Waals surface area contributed by atoms with Gasteiger partial charge in [-0.1, -0.05) is 64.4 Å². The zero-order valence-corrected chi connectivity index (χ0v) is 27.8. The summed E-state index contributed by atoms with van der Waals surface area (Å²) < 4.78 is 5.41. The number of carbonyl (C=O) groups excluding carboxylic acids is 2. The monoisotopic (exact) mass is 650 g/mol. The molecule has 254 valence electrons. The number of carboxylic acids is 2. The first kappa shape index (κ1) is 38.2. The minimum Gasteiger partial charge on any atom is -0.480 e. The third-order valence-corrected chi connectivity index (χ3v) is 6.85. The van der Waals surface area contributed by atoms with E-state index < -0.39 is 41.8 Å². The van der Waals surface area contributed by atoms with Crippen molar-refractivity contribution in [2.75, 3.05) is 23.8 Å². The van der Waals surface area contributed by atoms with Crippen molar-refractivity contribution in [3.63, 3.8) is 0 Å². The number of nitrogens with zero attached hydrogens (tertiary/aromatic N) is 2. The zero-order valence-electron chi connectivity index (χ0n) is 27.8. The molecule has 0 aliphatic heterocycles. The maximum Gasteiger partial charge on any atom is 0.328 e. The summed E-state index contributed by atoms with van der Waals surface area (Å²) >= 11 is 0. The number of nitrogens with one attached hydrogen (secondary N) is 4. The fourth-order valence-electron chi connectivity index (χ4n) is 4.55. The summed E-state index contributed by atoms with van der Waals surface area (Å²) in [6, 6.07) is 12.0. The van der Waals surface area contributed by atoms with Gasteiger partial charge in [0.25, 0.3) is 0 Å². The van der Waals surface area contributed by atoms with Crippen LogP contribution in [-0.4, -0.2) is 65.2 Å². The summed E-state index contributed by atoms with van der Waals surface area (Å²) in [5.74, 6) is -3.76. The fourth-order valence-corrected chi connectivity index (χ4v) is 4.55. The molecule has 0 heterocycles. The molecule has 47 heavy (non-hydrogen) atoms. The van der Waals surface area contributed by atoms with Crippen LogP contribution >= 0.6 is 0 Å². The van der Waals surface area contributed by atoms with Crippen molar-refractivity contribution in [3.8, 4) is 6.19 Å². The van der Waals surface area contributed by atoms with Crippen molar-refractivity contribution in [1.82, 2.24) is 10.6 Å². The number of anilines is 2. The molecule has 0 saturated carbocycles. The number of aryl methyl sites for hydroxylation is 1. The molecule has 0 aliphatic rings. The Labute approximate surface area is 275 Å². The number of carboxylic acid groups (broad SMARTS) is 2. The summed E-state index contributed by atoms with van der Waals surface area (Å²) in [6.07, 6.45) is 2.23. The van der Waals surface area contributed by atoms with Gasteiger partial charge in [0, 0.05) is 30.8 Å². The molecular weight excluding hydrogens is 604 g/mol. The molecule has 3 atom stereocenters. The van der Waals surface area contributed by atoms with Gasteiger partial charge in [-0.15, -0.1) is 4.99 Å². The molecule has 0 aromatic heterocycles. The van der Waals surface area contributed by atoms with E-state index in [1.54, 1.807) is 30.5 Å². The molecule has 3 unspecified atom stereocenters. The number of nitriles is 1. The van der Waals surface area contributed by atoms with E-state index in [0.717, 1.165) is 11.3 Å². The molecule has 2 amide bonds. The highest BCUT2D eigenvalue weighted by molar-refractivity contribution is 6.04. The Balaban J connectivity index is 2.05. The van der Waals surface area contributed by atoms with Gasteiger partial charge in [-0.05, 0) is 54.5 Å². The van der Waals surface area contributed by atoms with Crippen LogP contribution in [0.25, 0.3) is 0 Å². The van der Waals surface area contributed by atoms with Crippen molar-refractivity contribution in [1.29, 1.82) is 5.26 Å². The Morgan fingerprint density at radius 2 is 1.45 bits per heavy atom. The number of hydrogen-bond donors (Lipinski definition) is 6. The first-order chi connectivity index (χ1) is 22.1. The van der Waals surface area contributed by atoms with Crippen LogP contribution in [0.4, 0.5) is 11.4 Å². The lowest BCUT2D eigenvalue weighted by molar-refractivity contribution is -0.145. The maximum atomic E-state index is 13.4. The predicted molar refractivity (Wildman–Crippen MR) is 179 cm³/mol. The van der Waals surface area contributed by atoms with Crippen LogP contribution in [0.3, 0.4) is 0 Å². The molecule has 0 fully saturated rings. The van der Waals surface area contributed by atoms with Crippen LogP contribution in [0.2, 0.25) is 0 Å². The lowest BCUT2D eigenvalue weighted by Gasteiger charge is -2.23. The summed E-state index contributed by atoms with van der Waals surface area (Å²) in [7, 11) is 0. The third kappa shape index (κ3) is 14.3. The van der Waals surface area contributed by atoms with Gasteiger partial charge in [-0.3, -0.25) is 9.59 Å². The van der Waals surface area contributed by atoms with Gasteiger partial charge < -0.3 is 36.2 Å². The van der Waals surface area contributed by atoms with Gasteiger partial charge in [0.2, 0.25) is 24.0 Å². The number of benzene rings is 2. The highest BCUT2D eigenvalue weighted by Crippen LogP contribution is 2.26. The van der Waals surface area contributed by atoms with E-state index in [9.17, 15) is 29.4 Å². The Hall–Kier alpha value is -4.96. The summed E-state index contributed by atoms with van der Waals surface area (Å²) in [4.78, 5) is 53.0. The normalized spacial score (nSPS) is 13.5. The molecule has 13 heteroatoms. The quantitative estimate of drug-likeness (QED) is 0.0651. The number of aliphatic imine (C=N–C) groups is 1. The third-order valence-electron chi connectivity index (χ3n) is 6.85. The second-order valence-electron chi connectivity index (χ2n) is 12.9. The van der Waals surface area contributed by atoms with Crippen LogP contribution in [0, 0.1) is 29.7 Å². The first-order valence-corrected chi connectivity index (χ1v) is 15.4. The maximum absolute atomic E-state index is 13.4. The molecule has 0 saturated heterocycles. The average molecular weight is 651 g/mol. The van der Waals surface area contributed by atoms with Gasteiger partial charge in [0.05, 0.1) is 12.5 Å². The van der Waals surface area contributed by atoms with E-state index in [1.807, 2.05) is 65.8 Å². The molecule has 6 N–H and O–H groups in total. The number of aliphatic carboxylic acids is 2. The first-order valence-electron chi connectivity index (χ1n) is 15.4. The zero-order chi connectivity index (χ0) is 35.1. The molecule has 0 bridgehead atoms. The number of rotatable bonds is 16. The van der Waals surface area contributed by atoms with Crippen LogP contribution in [0.1, 0.15) is 70.9 Å². The van der Waals surface area contributed by atoms with Gasteiger partial charge >= 0.3 is 11.9 Å². The van der Waals surface area contributed by atoms with Crippen molar-refractivity contribution >= 4 is 41.1 Å². The average Bonchev–Trinajstić information content (AvgIpc) is 2.97. The van der Waals surface area contributed by atoms with Gasteiger partial charge in [0.15, 0.2) is 6.04 Å². The molecule has 0 aliphatic carbocycles. The largest absolute Gasteiger partial charge is 0.480 e. The Morgan fingerprint density at radius 3 is 1.94 bits per heavy atom. The summed E-state index contributed by atoms with van der Waals surface area (Å²) in [6.45, 7) is 10.9. The lowest BCUT2D eigenvalue weighted by Crippen LogP contribution is -2.46. The van der Waals surface area contributed by atoms with Crippen LogP contribution in [0.5, 0.6) is 0 Å². The number of ether oxygens (including phenoxy) is 1. The summed E-state index contributed by atoms with van der Waals surface area (Å²) in [5.41, 5.74) is 2.78. The Kier molecular flexibility index (Phi) is 14.8. The van der Waals surface area contributed by atoms with Crippen LogP contribution in [0.15, 0.2) is 53.5 Å². The molecule has 2 rings (SSSR count). The molecule has 13 nitrogen and oxygen atoms in total. The smallest absolute Gasteiger partial charge is 0.328 e. The van der Waals surface area contributed by atoms with Crippen molar-refractivity contribution in [2.24, 2.45) is 16.3 Å². The van der Waals surface area contributed by atoms with Crippen LogP contribution in [-0.2, 0) is 23.9 Å². The number of hydrogen-bond acceptors (Lipinski definition) is 7. The van der Waals surface area contributed by atoms with Gasteiger partial charge in [-0.25, -0.2) is 9.59 Å². The molecule has 0 spiro atoms. The standard InChI is InChI=1S/C34H46N6O7/c1-21(2)17-26(23-9-13-25(14-10-23)38-33(36-20-35)37-24-11-7-22(3)8-12-24)30(42)40-27(31(43)44)15-16-47-19-28(32(45)46)39-29(41)18-34(4,5)6/h7-14,21,26-28H,15-19H2,1-6H3,(H,39,41)(H,40,42)(H,43,44)(H,45,46)(H2,36,37,38). The van der Waals surface area contributed by atoms with E-state index in [-0.39, 0.29) is 43.3 Å². The molecular formula is C34H46N6O7. The predicted octanol–water partition coefficient (Wildman–Crippen LogP) is 4.47. The van der Waals surface area contributed by atoms with Crippen LogP contribution < -0.4 is 21.3 Å². The van der Waals surface area contributed by atoms with Crippen molar-refractivity contribution in [3.05, 3.63) is 59.7 Å². The summed E-state index contributed by atoms with van der Waals surface area (Å²) in [5, 5.41) is 39.5. The Bertz CT molecular complexity index is 1430. The highest BCUT2D eigenvalue weighted by Gasteiger charge is 2.28. The van der Waals surface area contributed by atoms with E-state index in [4.69, 9.17) is 10.00 Å². The topological polar surface area (TPSA) is 202 Å². The number of carbonyl (C=O) groups is 4.